The van der Waals surface area contributed by atoms with Crippen LogP contribution in [0.25, 0.3) is 0 Å². The van der Waals surface area contributed by atoms with Gasteiger partial charge in [-0.1, -0.05) is 6.92 Å². The lowest BCUT2D eigenvalue weighted by atomic mass is 10.2. The van der Waals surface area contributed by atoms with Crippen molar-refractivity contribution in [1.29, 1.82) is 0 Å². The van der Waals surface area contributed by atoms with Gasteiger partial charge in [0, 0.05) is 27.3 Å². The van der Waals surface area contributed by atoms with Crippen LogP contribution in [0.15, 0.2) is 0 Å². The molecule has 0 aromatic carbocycles. The maximum absolute atomic E-state index is 11.6. The Morgan fingerprint density at radius 1 is 1.41 bits per heavy atom. The highest BCUT2D eigenvalue weighted by atomic mass is 16.5. The van der Waals surface area contributed by atoms with Gasteiger partial charge in [-0.25, -0.2) is 9.59 Å². The van der Waals surface area contributed by atoms with E-state index in [0.29, 0.717) is 19.6 Å². The van der Waals surface area contributed by atoms with Gasteiger partial charge in [-0.2, -0.15) is 0 Å². The van der Waals surface area contributed by atoms with Gasteiger partial charge >= 0.3 is 12.0 Å². The number of amides is 2. The highest BCUT2D eigenvalue weighted by Crippen LogP contribution is 2.02. The number of hydrogen-bond donors (Lipinski definition) is 2. The maximum atomic E-state index is 11.6. The lowest BCUT2D eigenvalue weighted by Gasteiger charge is -2.23. The number of nitrogens with one attached hydrogen (secondary N) is 1. The van der Waals surface area contributed by atoms with E-state index in [2.05, 4.69) is 5.32 Å². The molecule has 0 bridgehead atoms. The number of carbonyl (C=O) groups excluding carboxylic acids is 1. The van der Waals surface area contributed by atoms with Crippen LogP contribution in [-0.4, -0.2) is 55.4 Å². The van der Waals surface area contributed by atoms with E-state index >= 15 is 0 Å². The highest BCUT2D eigenvalue weighted by Gasteiger charge is 2.24. The smallest absolute Gasteiger partial charge is 0.326 e. The number of likely N-dealkylation sites (N-methyl/N-ethyl adjacent to an activating group) is 1. The number of ether oxygens (including phenoxy) is 1. The summed E-state index contributed by atoms with van der Waals surface area (Å²) in [6.07, 6.45) is 2.08. The van der Waals surface area contributed by atoms with Crippen molar-refractivity contribution in [3.63, 3.8) is 0 Å². The summed E-state index contributed by atoms with van der Waals surface area (Å²) in [6, 6.07) is -1.12. The maximum Gasteiger partial charge on any atom is 0.326 e. The van der Waals surface area contributed by atoms with Gasteiger partial charge < -0.3 is 20.1 Å². The predicted molar refractivity (Wildman–Crippen MR) is 64.0 cm³/mol. The van der Waals surface area contributed by atoms with Crippen molar-refractivity contribution in [3.8, 4) is 0 Å². The van der Waals surface area contributed by atoms with E-state index in [4.69, 9.17) is 9.84 Å². The number of aliphatic carboxylic acids is 1. The number of rotatable bonds is 8. The molecule has 0 aromatic rings. The number of nitrogens with zero attached hydrogens (tertiary/aromatic N) is 1. The summed E-state index contributed by atoms with van der Waals surface area (Å²) in [5.74, 6) is -0.982. The lowest BCUT2D eigenvalue weighted by molar-refractivity contribution is -0.141. The lowest BCUT2D eigenvalue weighted by Crippen LogP contribution is -2.47. The van der Waals surface area contributed by atoms with Gasteiger partial charge in [-0.05, 0) is 19.3 Å². The minimum absolute atomic E-state index is 0.350. The summed E-state index contributed by atoms with van der Waals surface area (Å²) >= 11 is 0. The van der Waals surface area contributed by atoms with Gasteiger partial charge in [0.2, 0.25) is 0 Å². The molecule has 17 heavy (non-hydrogen) atoms. The molecule has 0 aromatic heterocycles. The number of unbranched alkanes of at least 4 members (excludes halogenated alkanes) is 1. The molecule has 0 aliphatic heterocycles. The summed E-state index contributed by atoms with van der Waals surface area (Å²) in [7, 11) is 3.12. The fraction of sp³-hybridized carbons (Fsp3) is 0.818. The molecule has 0 heterocycles. The molecule has 0 saturated heterocycles. The van der Waals surface area contributed by atoms with Gasteiger partial charge in [0.05, 0.1) is 0 Å². The fourth-order valence-electron chi connectivity index (χ4n) is 1.45. The minimum Gasteiger partial charge on any atom is -0.480 e. The zero-order valence-corrected chi connectivity index (χ0v) is 10.7. The Hall–Kier alpha value is -1.30. The van der Waals surface area contributed by atoms with E-state index in [-0.39, 0.29) is 6.03 Å². The second kappa shape index (κ2) is 8.81. The van der Waals surface area contributed by atoms with E-state index in [0.717, 1.165) is 12.8 Å². The number of carbonyl (C=O) groups is 2. The molecule has 2 N–H and O–H groups in total. The Labute approximate surface area is 102 Å². The first-order valence-corrected chi connectivity index (χ1v) is 5.77. The average molecular weight is 246 g/mol. The number of carboxylic acid groups (broad SMARTS) is 1. The second-order valence-electron chi connectivity index (χ2n) is 3.81. The molecular formula is C11H22N2O4. The van der Waals surface area contributed by atoms with Crippen LogP contribution in [0.5, 0.6) is 0 Å². The van der Waals surface area contributed by atoms with Crippen molar-refractivity contribution in [2.75, 3.05) is 27.3 Å². The molecule has 1 atom stereocenters. The van der Waals surface area contributed by atoms with Crippen LogP contribution in [0.1, 0.15) is 26.2 Å². The van der Waals surface area contributed by atoms with Crippen LogP contribution in [-0.2, 0) is 9.53 Å². The molecule has 0 fully saturated rings. The minimum atomic E-state index is -0.982. The first-order valence-electron chi connectivity index (χ1n) is 5.77. The van der Waals surface area contributed by atoms with Gasteiger partial charge in [0.15, 0.2) is 0 Å². The van der Waals surface area contributed by atoms with Crippen molar-refractivity contribution in [2.45, 2.75) is 32.2 Å². The molecule has 1 unspecified atom stereocenters. The first kappa shape index (κ1) is 15.7. The van der Waals surface area contributed by atoms with Gasteiger partial charge in [-0.15, -0.1) is 0 Å². The van der Waals surface area contributed by atoms with Crippen LogP contribution in [0.2, 0.25) is 0 Å². The zero-order valence-electron chi connectivity index (χ0n) is 10.7. The highest BCUT2D eigenvalue weighted by molar-refractivity contribution is 5.82. The molecular weight excluding hydrogens is 224 g/mol. The molecule has 0 aliphatic rings. The van der Waals surface area contributed by atoms with E-state index in [1.165, 1.54) is 11.9 Å². The number of methoxy groups -OCH3 is 1. The Balaban J connectivity index is 3.92. The van der Waals surface area contributed by atoms with E-state index < -0.39 is 12.0 Å². The van der Waals surface area contributed by atoms with E-state index in [1.807, 2.05) is 0 Å². The summed E-state index contributed by atoms with van der Waals surface area (Å²) in [6.45, 7) is 2.93. The Kier molecular flexibility index (Phi) is 8.13. The summed E-state index contributed by atoms with van der Waals surface area (Å²) in [4.78, 5) is 23.7. The summed E-state index contributed by atoms with van der Waals surface area (Å²) in [5, 5.41) is 11.6. The van der Waals surface area contributed by atoms with E-state index in [9.17, 15) is 9.59 Å². The van der Waals surface area contributed by atoms with Crippen LogP contribution < -0.4 is 5.32 Å². The van der Waals surface area contributed by atoms with Crippen LogP contribution in [0, 0.1) is 0 Å². The molecule has 100 valence electrons. The topological polar surface area (TPSA) is 78.9 Å². The van der Waals surface area contributed by atoms with Gasteiger partial charge in [-0.3, -0.25) is 0 Å². The Morgan fingerprint density at radius 2 is 2.06 bits per heavy atom. The molecule has 0 rings (SSSR count). The monoisotopic (exact) mass is 246 g/mol. The first-order chi connectivity index (χ1) is 8.04. The third-order valence-electron chi connectivity index (χ3n) is 2.51. The number of carboxylic acids is 1. The summed E-state index contributed by atoms with van der Waals surface area (Å²) < 4.78 is 4.88. The van der Waals surface area contributed by atoms with Crippen molar-refractivity contribution in [3.05, 3.63) is 0 Å². The second-order valence-corrected chi connectivity index (χ2v) is 3.81. The van der Waals surface area contributed by atoms with Crippen molar-refractivity contribution < 1.29 is 19.4 Å². The zero-order chi connectivity index (χ0) is 13.3. The van der Waals surface area contributed by atoms with Crippen molar-refractivity contribution in [2.24, 2.45) is 0 Å². The molecule has 0 radical (unpaired) electrons. The van der Waals surface area contributed by atoms with Crippen molar-refractivity contribution >= 4 is 12.0 Å². The van der Waals surface area contributed by atoms with Crippen LogP contribution >= 0.6 is 0 Å². The van der Waals surface area contributed by atoms with E-state index in [1.54, 1.807) is 14.0 Å². The normalized spacial score (nSPS) is 11.9. The third kappa shape index (κ3) is 6.11. The molecule has 6 heteroatoms. The molecule has 6 nitrogen and oxygen atoms in total. The van der Waals surface area contributed by atoms with Crippen LogP contribution in [0.3, 0.4) is 0 Å². The van der Waals surface area contributed by atoms with Gasteiger partial charge in [0.1, 0.15) is 6.04 Å². The quantitative estimate of drug-likeness (QED) is 0.624. The van der Waals surface area contributed by atoms with Crippen molar-refractivity contribution in [1.82, 2.24) is 10.2 Å². The Morgan fingerprint density at radius 3 is 2.53 bits per heavy atom. The molecule has 0 saturated carbocycles. The SMILES string of the molecule is CCC(C(=O)O)N(C)C(=O)NCCCCOC. The average Bonchev–Trinajstić information content (AvgIpc) is 2.28. The molecule has 2 amide bonds. The van der Waals surface area contributed by atoms with Crippen LogP contribution in [0.4, 0.5) is 4.79 Å². The molecule has 0 spiro atoms. The number of urea groups is 1. The largest absolute Gasteiger partial charge is 0.480 e. The van der Waals surface area contributed by atoms with Gasteiger partial charge in [0.25, 0.3) is 0 Å². The standard InChI is InChI=1S/C11H22N2O4/c1-4-9(10(14)15)13(2)11(16)12-7-5-6-8-17-3/h9H,4-8H2,1-3H3,(H,12,16)(H,14,15). The molecule has 0 aliphatic carbocycles. The summed E-state index contributed by atoms with van der Waals surface area (Å²) in [5.41, 5.74) is 0. The number of hydrogen-bond acceptors (Lipinski definition) is 3. The fourth-order valence-corrected chi connectivity index (χ4v) is 1.45. The third-order valence-corrected chi connectivity index (χ3v) is 2.51. The Bertz CT molecular complexity index is 246. The predicted octanol–water partition coefficient (Wildman–Crippen LogP) is 0.918.